The number of nitrogens with one attached hydrogen (secondary N) is 1. The van der Waals surface area contributed by atoms with Crippen molar-refractivity contribution in [3.63, 3.8) is 0 Å². The first kappa shape index (κ1) is 20.9. The summed E-state index contributed by atoms with van der Waals surface area (Å²) in [5.74, 6) is -0.746. The van der Waals surface area contributed by atoms with Crippen molar-refractivity contribution in [3.8, 4) is 5.75 Å². The van der Waals surface area contributed by atoms with E-state index in [2.05, 4.69) is 15.5 Å². The topological polar surface area (TPSA) is 132 Å². The fourth-order valence-electron chi connectivity index (χ4n) is 3.02. The highest BCUT2D eigenvalue weighted by Crippen LogP contribution is 2.23. The standard InChI is InChI=1S/C19H22N4O5S/c1-13-18(25)17(15(12-24)10-20-13)11-21-22-19(26)14-5-4-6-16(9-14)29(27,28)23-7-2-3-8-23/h4-6,9-11,24-25H,2-3,7-8,12H2,1H3,(H,22,26)/b21-11-. The van der Waals surface area contributed by atoms with Gasteiger partial charge >= 0.3 is 0 Å². The number of sulfonamides is 1. The lowest BCUT2D eigenvalue weighted by molar-refractivity contribution is 0.0955. The van der Waals surface area contributed by atoms with Gasteiger partial charge in [-0.1, -0.05) is 6.07 Å². The number of carbonyl (C=O) groups excluding carboxylic acids is 1. The summed E-state index contributed by atoms with van der Waals surface area (Å²) in [6, 6.07) is 5.76. The van der Waals surface area contributed by atoms with Gasteiger partial charge in [-0.05, 0) is 38.0 Å². The van der Waals surface area contributed by atoms with Crippen LogP contribution in [0.5, 0.6) is 5.75 Å². The van der Waals surface area contributed by atoms with Crippen LogP contribution in [0, 0.1) is 6.92 Å². The number of aliphatic hydroxyl groups excluding tert-OH is 1. The Labute approximate surface area is 168 Å². The summed E-state index contributed by atoms with van der Waals surface area (Å²) in [5, 5.41) is 23.2. The van der Waals surface area contributed by atoms with E-state index in [-0.39, 0.29) is 28.4 Å². The third kappa shape index (κ3) is 4.44. The van der Waals surface area contributed by atoms with Gasteiger partial charge in [0.15, 0.2) is 0 Å². The van der Waals surface area contributed by atoms with Crippen molar-refractivity contribution >= 4 is 22.1 Å². The Morgan fingerprint density at radius 3 is 2.76 bits per heavy atom. The minimum atomic E-state index is -3.63. The van der Waals surface area contributed by atoms with Crippen molar-refractivity contribution in [1.29, 1.82) is 0 Å². The molecule has 2 heterocycles. The zero-order valence-electron chi connectivity index (χ0n) is 15.9. The van der Waals surface area contributed by atoms with Crippen LogP contribution in [-0.4, -0.2) is 53.1 Å². The summed E-state index contributed by atoms with van der Waals surface area (Å²) < 4.78 is 26.7. The highest BCUT2D eigenvalue weighted by atomic mass is 32.2. The number of hydrogen-bond acceptors (Lipinski definition) is 7. The highest BCUT2D eigenvalue weighted by Gasteiger charge is 2.27. The lowest BCUT2D eigenvalue weighted by Crippen LogP contribution is -2.28. The zero-order valence-corrected chi connectivity index (χ0v) is 16.7. The van der Waals surface area contributed by atoms with E-state index in [1.165, 1.54) is 41.0 Å². The minimum Gasteiger partial charge on any atom is -0.505 e. The summed E-state index contributed by atoms with van der Waals surface area (Å²) in [6.45, 7) is 2.20. The Morgan fingerprint density at radius 2 is 2.07 bits per heavy atom. The molecule has 1 saturated heterocycles. The monoisotopic (exact) mass is 418 g/mol. The summed E-state index contributed by atoms with van der Waals surface area (Å²) in [6.07, 6.45) is 4.26. The Kier molecular flexibility index (Phi) is 6.26. The van der Waals surface area contributed by atoms with Gasteiger partial charge in [0.2, 0.25) is 10.0 Å². The highest BCUT2D eigenvalue weighted by molar-refractivity contribution is 7.89. The van der Waals surface area contributed by atoms with Crippen molar-refractivity contribution in [2.45, 2.75) is 31.3 Å². The molecule has 0 saturated carbocycles. The summed E-state index contributed by atoms with van der Waals surface area (Å²) in [4.78, 5) is 16.4. The van der Waals surface area contributed by atoms with E-state index in [0.29, 0.717) is 24.3 Å². The van der Waals surface area contributed by atoms with E-state index in [4.69, 9.17) is 0 Å². The number of rotatable bonds is 6. The molecule has 0 bridgehead atoms. The molecule has 2 aromatic rings. The summed E-state index contributed by atoms with van der Waals surface area (Å²) in [7, 11) is -3.63. The molecule has 1 aromatic carbocycles. The maximum atomic E-state index is 12.7. The fourth-order valence-corrected chi connectivity index (χ4v) is 4.58. The number of nitrogens with zero attached hydrogens (tertiary/aromatic N) is 3. The lowest BCUT2D eigenvalue weighted by Gasteiger charge is -2.15. The molecule has 1 aromatic heterocycles. The van der Waals surface area contributed by atoms with Crippen molar-refractivity contribution in [3.05, 3.63) is 52.8 Å². The number of hydrazone groups is 1. The van der Waals surface area contributed by atoms with E-state index >= 15 is 0 Å². The average molecular weight is 418 g/mol. The number of pyridine rings is 1. The van der Waals surface area contributed by atoms with Gasteiger partial charge in [0.25, 0.3) is 5.91 Å². The van der Waals surface area contributed by atoms with E-state index in [0.717, 1.165) is 12.8 Å². The van der Waals surface area contributed by atoms with E-state index < -0.39 is 15.9 Å². The Morgan fingerprint density at radius 1 is 1.34 bits per heavy atom. The van der Waals surface area contributed by atoms with Crippen LogP contribution in [0.3, 0.4) is 0 Å². The fraction of sp³-hybridized carbons (Fsp3) is 0.316. The largest absolute Gasteiger partial charge is 0.505 e. The molecule has 154 valence electrons. The number of amides is 1. The molecule has 1 fully saturated rings. The Balaban J connectivity index is 1.77. The molecule has 0 radical (unpaired) electrons. The molecule has 3 N–H and O–H groups in total. The van der Waals surface area contributed by atoms with Crippen molar-refractivity contribution in [2.24, 2.45) is 5.10 Å². The SMILES string of the molecule is Cc1ncc(CO)c(/C=N\NC(=O)c2cccc(S(=O)(=O)N3CCCC3)c2)c1O. The first-order valence-corrected chi connectivity index (χ1v) is 10.5. The third-order valence-corrected chi connectivity index (χ3v) is 6.58. The van der Waals surface area contributed by atoms with Crippen LogP contribution >= 0.6 is 0 Å². The molecule has 1 amide bonds. The van der Waals surface area contributed by atoms with Crippen LogP contribution in [0.15, 0.2) is 40.5 Å². The van der Waals surface area contributed by atoms with Gasteiger partial charge in [0.05, 0.1) is 23.4 Å². The maximum absolute atomic E-state index is 12.7. The van der Waals surface area contributed by atoms with Gasteiger partial charge in [0, 0.05) is 36.0 Å². The van der Waals surface area contributed by atoms with E-state index in [1.807, 2.05) is 0 Å². The molecule has 1 aliphatic rings. The van der Waals surface area contributed by atoms with Crippen LogP contribution in [0.4, 0.5) is 0 Å². The molecule has 10 heteroatoms. The van der Waals surface area contributed by atoms with Gasteiger partial charge in [-0.2, -0.15) is 9.41 Å². The number of carbonyl (C=O) groups is 1. The van der Waals surface area contributed by atoms with Crippen molar-refractivity contribution in [2.75, 3.05) is 13.1 Å². The average Bonchev–Trinajstić information content (AvgIpc) is 3.27. The second-order valence-electron chi connectivity index (χ2n) is 6.63. The molecule has 9 nitrogen and oxygen atoms in total. The summed E-state index contributed by atoms with van der Waals surface area (Å²) in [5.41, 5.74) is 3.39. The van der Waals surface area contributed by atoms with Gasteiger partial charge < -0.3 is 10.2 Å². The number of aliphatic hydroxyl groups is 1. The van der Waals surface area contributed by atoms with Crippen LogP contribution in [0.2, 0.25) is 0 Å². The maximum Gasteiger partial charge on any atom is 0.271 e. The molecule has 0 atom stereocenters. The molecular formula is C19H22N4O5S. The number of benzene rings is 1. The van der Waals surface area contributed by atoms with Crippen molar-refractivity contribution in [1.82, 2.24) is 14.7 Å². The van der Waals surface area contributed by atoms with Gasteiger partial charge in [-0.3, -0.25) is 9.78 Å². The first-order chi connectivity index (χ1) is 13.8. The normalized spacial score (nSPS) is 15.1. The number of hydrogen-bond donors (Lipinski definition) is 3. The van der Waals surface area contributed by atoms with Crippen molar-refractivity contribution < 1.29 is 23.4 Å². The second kappa shape index (κ2) is 8.68. The van der Waals surface area contributed by atoms with E-state index in [9.17, 15) is 23.4 Å². The smallest absolute Gasteiger partial charge is 0.271 e. The number of aryl methyl sites for hydroxylation is 1. The molecule has 0 unspecified atom stereocenters. The van der Waals surface area contributed by atoms with Gasteiger partial charge in [0.1, 0.15) is 5.75 Å². The molecular weight excluding hydrogens is 396 g/mol. The predicted molar refractivity (Wildman–Crippen MR) is 106 cm³/mol. The third-order valence-electron chi connectivity index (χ3n) is 4.69. The zero-order chi connectivity index (χ0) is 21.0. The Hall–Kier alpha value is -2.82. The quantitative estimate of drug-likeness (QED) is 0.476. The van der Waals surface area contributed by atoms with Gasteiger partial charge in [-0.25, -0.2) is 13.8 Å². The van der Waals surface area contributed by atoms with Crippen LogP contribution in [0.25, 0.3) is 0 Å². The van der Waals surface area contributed by atoms with Crippen LogP contribution < -0.4 is 5.43 Å². The molecule has 0 spiro atoms. The molecule has 3 rings (SSSR count). The lowest BCUT2D eigenvalue weighted by atomic mass is 10.1. The minimum absolute atomic E-state index is 0.0565. The summed E-state index contributed by atoms with van der Waals surface area (Å²) >= 11 is 0. The first-order valence-electron chi connectivity index (χ1n) is 9.06. The predicted octanol–water partition coefficient (Wildman–Crippen LogP) is 1.14. The number of aromatic nitrogens is 1. The molecule has 0 aliphatic carbocycles. The van der Waals surface area contributed by atoms with Crippen LogP contribution in [-0.2, 0) is 16.6 Å². The molecule has 1 aliphatic heterocycles. The Bertz CT molecular complexity index is 1050. The van der Waals surface area contributed by atoms with E-state index in [1.54, 1.807) is 6.92 Å². The second-order valence-corrected chi connectivity index (χ2v) is 8.57. The number of aromatic hydroxyl groups is 1. The van der Waals surface area contributed by atoms with Crippen LogP contribution in [0.1, 0.15) is 40.0 Å². The van der Waals surface area contributed by atoms with Gasteiger partial charge in [-0.15, -0.1) is 0 Å². The molecule has 29 heavy (non-hydrogen) atoms.